The molecule has 0 aliphatic carbocycles. The largest absolute Gasteiger partial charge is 0.497 e. The van der Waals surface area contributed by atoms with Crippen LogP contribution < -0.4 is 15.4 Å². The van der Waals surface area contributed by atoms with Crippen molar-refractivity contribution in [3.05, 3.63) is 29.8 Å². The molecule has 2 unspecified atom stereocenters. The van der Waals surface area contributed by atoms with E-state index in [2.05, 4.69) is 10.6 Å². The first kappa shape index (κ1) is 22.8. The molecule has 3 amide bonds. The molecule has 1 aromatic carbocycles. The van der Waals surface area contributed by atoms with Gasteiger partial charge in [0.1, 0.15) is 17.8 Å². The number of ether oxygens (including phenoxy) is 3. The number of amides is 3. The van der Waals surface area contributed by atoms with Gasteiger partial charge in [0.15, 0.2) is 0 Å². The summed E-state index contributed by atoms with van der Waals surface area (Å²) < 4.78 is 15.4. The number of nitrogens with one attached hydrogen (secondary N) is 2. The van der Waals surface area contributed by atoms with Gasteiger partial charge in [0, 0.05) is 39.1 Å². The van der Waals surface area contributed by atoms with Crippen LogP contribution in [0.2, 0.25) is 0 Å². The summed E-state index contributed by atoms with van der Waals surface area (Å²) in [7, 11) is 2.86. The van der Waals surface area contributed by atoms with Gasteiger partial charge in [-0.3, -0.25) is 4.79 Å². The normalized spacial score (nSPS) is 20.0. The quantitative estimate of drug-likeness (QED) is 0.588. The molecule has 0 spiro atoms. The van der Waals surface area contributed by atoms with Crippen molar-refractivity contribution in [2.75, 3.05) is 60.2 Å². The van der Waals surface area contributed by atoms with Gasteiger partial charge < -0.3 is 34.6 Å². The SMILES string of the molecule is COC(=O)C(Cc1ccc(OC)cc1)NC(=O)C1CNCCN1C(=O)N1CCOCC1. The molecule has 10 nitrogen and oxygen atoms in total. The minimum Gasteiger partial charge on any atom is -0.497 e. The van der Waals surface area contributed by atoms with Gasteiger partial charge >= 0.3 is 12.0 Å². The highest BCUT2D eigenvalue weighted by Crippen LogP contribution is 2.14. The lowest BCUT2D eigenvalue weighted by atomic mass is 10.0. The van der Waals surface area contributed by atoms with Gasteiger partial charge in [-0.1, -0.05) is 12.1 Å². The third kappa shape index (κ3) is 5.86. The molecule has 0 saturated carbocycles. The van der Waals surface area contributed by atoms with E-state index in [0.717, 1.165) is 5.56 Å². The minimum absolute atomic E-state index is 0.185. The summed E-state index contributed by atoms with van der Waals surface area (Å²) in [5, 5.41) is 5.93. The topological polar surface area (TPSA) is 109 Å². The molecule has 1 aromatic rings. The van der Waals surface area contributed by atoms with Gasteiger partial charge in [0.05, 0.1) is 27.4 Å². The molecule has 2 saturated heterocycles. The van der Waals surface area contributed by atoms with Crippen LogP contribution in [0.25, 0.3) is 0 Å². The molecule has 0 bridgehead atoms. The third-order valence-corrected chi connectivity index (χ3v) is 5.47. The van der Waals surface area contributed by atoms with E-state index in [1.165, 1.54) is 7.11 Å². The number of piperazine rings is 1. The molecule has 31 heavy (non-hydrogen) atoms. The van der Waals surface area contributed by atoms with E-state index in [9.17, 15) is 14.4 Å². The lowest BCUT2D eigenvalue weighted by Gasteiger charge is -2.39. The monoisotopic (exact) mass is 434 g/mol. The zero-order chi connectivity index (χ0) is 22.2. The first-order valence-electron chi connectivity index (χ1n) is 10.4. The Labute approximate surface area is 181 Å². The van der Waals surface area contributed by atoms with Crippen molar-refractivity contribution in [1.29, 1.82) is 0 Å². The number of methoxy groups -OCH3 is 2. The molecular formula is C21H30N4O6. The van der Waals surface area contributed by atoms with E-state index in [1.54, 1.807) is 29.0 Å². The number of benzene rings is 1. The molecule has 2 N–H and O–H groups in total. The zero-order valence-electron chi connectivity index (χ0n) is 18.0. The lowest BCUT2D eigenvalue weighted by molar-refractivity contribution is -0.145. The maximum atomic E-state index is 13.1. The molecule has 2 aliphatic heterocycles. The fraction of sp³-hybridized carbons (Fsp3) is 0.571. The van der Waals surface area contributed by atoms with Crippen LogP contribution in [0.5, 0.6) is 5.75 Å². The summed E-state index contributed by atoms with van der Waals surface area (Å²) in [6, 6.07) is 5.47. The van der Waals surface area contributed by atoms with Gasteiger partial charge in [-0.25, -0.2) is 9.59 Å². The Morgan fingerprint density at radius 2 is 1.87 bits per heavy atom. The molecule has 2 aliphatic rings. The molecule has 3 rings (SSSR count). The fourth-order valence-electron chi connectivity index (χ4n) is 3.70. The number of morpholine rings is 1. The van der Waals surface area contributed by atoms with E-state index in [4.69, 9.17) is 14.2 Å². The van der Waals surface area contributed by atoms with Crippen LogP contribution in [0.3, 0.4) is 0 Å². The third-order valence-electron chi connectivity index (χ3n) is 5.47. The Balaban J connectivity index is 1.69. The minimum atomic E-state index is -0.867. The van der Waals surface area contributed by atoms with E-state index >= 15 is 0 Å². The Kier molecular flexibility index (Phi) is 8.07. The molecular weight excluding hydrogens is 404 g/mol. The summed E-state index contributed by atoms with van der Waals surface area (Å²) in [5.41, 5.74) is 0.847. The van der Waals surface area contributed by atoms with Crippen LogP contribution in [0.4, 0.5) is 4.79 Å². The molecule has 0 radical (unpaired) electrons. The predicted octanol–water partition coefficient (Wildman–Crippen LogP) is -0.378. The first-order chi connectivity index (χ1) is 15.0. The Bertz CT molecular complexity index is 766. The van der Waals surface area contributed by atoms with Gasteiger partial charge in [0.2, 0.25) is 5.91 Å². The van der Waals surface area contributed by atoms with Crippen LogP contribution in [0, 0.1) is 0 Å². The highest BCUT2D eigenvalue weighted by atomic mass is 16.5. The Morgan fingerprint density at radius 3 is 2.52 bits per heavy atom. The fourth-order valence-corrected chi connectivity index (χ4v) is 3.70. The van der Waals surface area contributed by atoms with Crippen molar-refractivity contribution in [2.24, 2.45) is 0 Å². The zero-order valence-corrected chi connectivity index (χ0v) is 18.0. The maximum absolute atomic E-state index is 13.1. The average molecular weight is 434 g/mol. The molecule has 0 aromatic heterocycles. The second-order valence-electron chi connectivity index (χ2n) is 7.43. The number of hydrogen-bond acceptors (Lipinski definition) is 7. The second-order valence-corrected chi connectivity index (χ2v) is 7.43. The molecule has 2 heterocycles. The first-order valence-corrected chi connectivity index (χ1v) is 10.4. The lowest BCUT2D eigenvalue weighted by Crippen LogP contribution is -2.64. The maximum Gasteiger partial charge on any atom is 0.328 e. The number of carbonyl (C=O) groups is 3. The van der Waals surface area contributed by atoms with E-state index < -0.39 is 24.0 Å². The van der Waals surface area contributed by atoms with Crippen molar-refractivity contribution in [3.8, 4) is 5.75 Å². The number of esters is 1. The second kappa shape index (κ2) is 11.0. The standard InChI is InChI=1S/C21H30N4O6/c1-29-16-5-3-15(4-6-16)13-17(20(27)30-2)23-19(26)18-14-22-7-8-25(18)21(28)24-9-11-31-12-10-24/h3-6,17-18,22H,7-14H2,1-2H3,(H,23,26). The number of nitrogens with zero attached hydrogens (tertiary/aromatic N) is 2. The number of hydrogen-bond donors (Lipinski definition) is 2. The van der Waals surface area contributed by atoms with Crippen LogP contribution in [-0.4, -0.2) is 99.9 Å². The van der Waals surface area contributed by atoms with Crippen molar-refractivity contribution in [2.45, 2.75) is 18.5 Å². The molecule has 10 heteroatoms. The number of carbonyl (C=O) groups excluding carboxylic acids is 3. The van der Waals surface area contributed by atoms with Gasteiger partial charge in [-0.2, -0.15) is 0 Å². The van der Waals surface area contributed by atoms with E-state index in [-0.39, 0.29) is 12.5 Å². The summed E-state index contributed by atoms with van der Waals surface area (Å²) >= 11 is 0. The van der Waals surface area contributed by atoms with E-state index in [0.29, 0.717) is 51.7 Å². The summed E-state index contributed by atoms with van der Waals surface area (Å²) in [4.78, 5) is 41.7. The molecule has 2 atom stereocenters. The Morgan fingerprint density at radius 1 is 1.16 bits per heavy atom. The van der Waals surface area contributed by atoms with Crippen molar-refractivity contribution >= 4 is 17.9 Å². The van der Waals surface area contributed by atoms with Gasteiger partial charge in [-0.15, -0.1) is 0 Å². The van der Waals surface area contributed by atoms with Gasteiger partial charge in [-0.05, 0) is 17.7 Å². The van der Waals surface area contributed by atoms with Crippen molar-refractivity contribution in [1.82, 2.24) is 20.4 Å². The van der Waals surface area contributed by atoms with Crippen LogP contribution >= 0.6 is 0 Å². The van der Waals surface area contributed by atoms with Crippen molar-refractivity contribution in [3.63, 3.8) is 0 Å². The van der Waals surface area contributed by atoms with Crippen molar-refractivity contribution < 1.29 is 28.6 Å². The highest BCUT2D eigenvalue weighted by Gasteiger charge is 2.36. The number of rotatable bonds is 6. The Hall–Kier alpha value is -2.85. The summed E-state index contributed by atoms with van der Waals surface area (Å²) in [6.45, 7) is 3.31. The summed E-state index contributed by atoms with van der Waals surface area (Å²) in [5.74, 6) is -0.232. The van der Waals surface area contributed by atoms with E-state index in [1.807, 2.05) is 12.1 Å². The van der Waals surface area contributed by atoms with Crippen LogP contribution in [0.1, 0.15) is 5.56 Å². The predicted molar refractivity (Wildman–Crippen MR) is 112 cm³/mol. The number of urea groups is 1. The highest BCUT2D eigenvalue weighted by molar-refractivity contribution is 5.91. The average Bonchev–Trinajstić information content (AvgIpc) is 2.83. The van der Waals surface area contributed by atoms with Crippen LogP contribution in [-0.2, 0) is 25.5 Å². The van der Waals surface area contributed by atoms with Gasteiger partial charge in [0.25, 0.3) is 0 Å². The van der Waals surface area contributed by atoms with Crippen LogP contribution in [0.15, 0.2) is 24.3 Å². The summed E-state index contributed by atoms with van der Waals surface area (Å²) in [6.07, 6.45) is 0.264. The molecule has 170 valence electrons. The molecule has 2 fully saturated rings. The smallest absolute Gasteiger partial charge is 0.328 e.